The number of carbonyl (C=O) groups excluding carboxylic acids is 1. The largest absolute Gasteiger partial charge is 0.323 e. The molecule has 7 nitrogen and oxygen atoms in total. The molecule has 1 aliphatic rings. The van der Waals surface area contributed by atoms with E-state index in [1.807, 2.05) is 42.2 Å². The number of carbonyl (C=O) groups is 1. The number of para-hydroxylation sites is 1. The minimum absolute atomic E-state index is 0.122. The van der Waals surface area contributed by atoms with Crippen LogP contribution in [0.4, 0.5) is 10.5 Å². The van der Waals surface area contributed by atoms with E-state index in [2.05, 4.69) is 20.2 Å². The molecule has 2 heterocycles. The molecule has 1 fully saturated rings. The second kappa shape index (κ2) is 8.85. The molecule has 0 bridgehead atoms. The third kappa shape index (κ3) is 4.63. The van der Waals surface area contributed by atoms with Crippen LogP contribution in [0, 0.1) is 6.92 Å². The molecule has 0 unspecified atom stereocenters. The summed E-state index contributed by atoms with van der Waals surface area (Å²) in [4.78, 5) is 36.5. The summed E-state index contributed by atoms with van der Waals surface area (Å²) in [5, 5.41) is 4.15. The lowest BCUT2D eigenvalue weighted by Crippen LogP contribution is -2.38. The Bertz CT molecular complexity index is 1130. The van der Waals surface area contributed by atoms with Crippen molar-refractivity contribution in [1.82, 2.24) is 19.8 Å². The van der Waals surface area contributed by atoms with Crippen LogP contribution < -0.4 is 10.9 Å². The Kier molecular flexibility index (Phi) is 6.01. The molecule has 8 heteroatoms. The highest BCUT2D eigenvalue weighted by atomic mass is 35.5. The van der Waals surface area contributed by atoms with Gasteiger partial charge >= 0.3 is 6.03 Å². The number of aryl methyl sites for hydroxylation is 1. The molecule has 1 saturated heterocycles. The molecule has 2 N–H and O–H groups in total. The number of nitrogens with one attached hydrogen (secondary N) is 2. The Morgan fingerprint density at radius 3 is 2.87 bits per heavy atom. The highest BCUT2D eigenvalue weighted by Crippen LogP contribution is 2.21. The molecular formula is C22H24ClN5O2. The van der Waals surface area contributed by atoms with Crippen molar-refractivity contribution in [3.8, 4) is 0 Å². The molecule has 1 aromatic heterocycles. The number of aromatic amines is 1. The average Bonchev–Trinajstić information content (AvgIpc) is 2.96. The summed E-state index contributed by atoms with van der Waals surface area (Å²) in [5.41, 5.74) is 2.27. The zero-order chi connectivity index (χ0) is 21.1. The number of H-pyrrole nitrogens is 1. The molecule has 2 amide bonds. The van der Waals surface area contributed by atoms with Crippen LogP contribution in [0.5, 0.6) is 0 Å². The van der Waals surface area contributed by atoms with Gasteiger partial charge in [-0.2, -0.15) is 0 Å². The van der Waals surface area contributed by atoms with Crippen LogP contribution in [0.25, 0.3) is 10.9 Å². The molecule has 0 atom stereocenters. The molecular weight excluding hydrogens is 402 g/mol. The first-order valence-corrected chi connectivity index (χ1v) is 10.4. The van der Waals surface area contributed by atoms with Crippen LogP contribution in [0.2, 0.25) is 5.02 Å². The third-order valence-corrected chi connectivity index (χ3v) is 5.59. The van der Waals surface area contributed by atoms with E-state index in [1.165, 1.54) is 0 Å². The summed E-state index contributed by atoms with van der Waals surface area (Å²) < 4.78 is 0. The lowest BCUT2D eigenvalue weighted by atomic mass is 10.2. The topological polar surface area (TPSA) is 81.3 Å². The van der Waals surface area contributed by atoms with Crippen molar-refractivity contribution < 1.29 is 4.79 Å². The molecule has 30 heavy (non-hydrogen) atoms. The van der Waals surface area contributed by atoms with Crippen LogP contribution in [0.1, 0.15) is 17.8 Å². The van der Waals surface area contributed by atoms with Gasteiger partial charge in [-0.25, -0.2) is 9.78 Å². The maximum absolute atomic E-state index is 12.7. The van der Waals surface area contributed by atoms with Crippen molar-refractivity contribution >= 4 is 34.2 Å². The van der Waals surface area contributed by atoms with Crippen molar-refractivity contribution in [2.24, 2.45) is 0 Å². The van der Waals surface area contributed by atoms with Gasteiger partial charge < -0.3 is 15.2 Å². The van der Waals surface area contributed by atoms with Crippen LogP contribution in [0.3, 0.4) is 0 Å². The van der Waals surface area contributed by atoms with Crippen molar-refractivity contribution in [1.29, 1.82) is 0 Å². The number of halogens is 1. The fourth-order valence-corrected chi connectivity index (χ4v) is 3.85. The standard InChI is InChI=1S/C22H24ClN5O2/c1-15-7-8-16(23)13-19(15)25-22(30)28-10-4-9-27(11-12-28)14-20-24-18-6-3-2-5-17(18)21(29)26-20/h2-3,5-8,13H,4,9-12,14H2,1H3,(H,25,30)(H,24,26,29). The van der Waals surface area contributed by atoms with E-state index >= 15 is 0 Å². The predicted octanol–water partition coefficient (Wildman–Crippen LogP) is 3.62. The number of benzene rings is 2. The van der Waals surface area contributed by atoms with E-state index in [0.717, 1.165) is 24.2 Å². The molecule has 4 rings (SSSR count). The van der Waals surface area contributed by atoms with Gasteiger partial charge in [0.15, 0.2) is 0 Å². The van der Waals surface area contributed by atoms with Gasteiger partial charge in [-0.15, -0.1) is 0 Å². The summed E-state index contributed by atoms with van der Waals surface area (Å²) in [6.07, 6.45) is 0.847. The summed E-state index contributed by atoms with van der Waals surface area (Å²) >= 11 is 6.05. The van der Waals surface area contributed by atoms with Gasteiger partial charge in [0.05, 0.1) is 17.4 Å². The molecule has 0 aliphatic carbocycles. The Labute approximate surface area is 179 Å². The predicted molar refractivity (Wildman–Crippen MR) is 119 cm³/mol. The number of fused-ring (bicyclic) bond motifs is 1. The fraction of sp³-hybridized carbons (Fsp3) is 0.318. The highest BCUT2D eigenvalue weighted by molar-refractivity contribution is 6.31. The quantitative estimate of drug-likeness (QED) is 0.671. The van der Waals surface area contributed by atoms with E-state index in [1.54, 1.807) is 12.1 Å². The van der Waals surface area contributed by atoms with Crippen LogP contribution in [-0.2, 0) is 6.54 Å². The minimum atomic E-state index is -0.126. The fourth-order valence-electron chi connectivity index (χ4n) is 3.68. The van der Waals surface area contributed by atoms with Gasteiger partial charge in [-0.3, -0.25) is 9.69 Å². The van der Waals surface area contributed by atoms with Gasteiger partial charge in [-0.1, -0.05) is 29.8 Å². The number of urea groups is 1. The first-order valence-electron chi connectivity index (χ1n) is 10.0. The van der Waals surface area contributed by atoms with E-state index < -0.39 is 0 Å². The van der Waals surface area contributed by atoms with Gasteiger partial charge in [0.2, 0.25) is 0 Å². The first-order chi connectivity index (χ1) is 14.5. The number of hydrogen-bond acceptors (Lipinski definition) is 4. The second-order valence-electron chi connectivity index (χ2n) is 7.54. The van der Waals surface area contributed by atoms with Crippen molar-refractivity contribution in [3.63, 3.8) is 0 Å². The molecule has 0 saturated carbocycles. The first kappa shape index (κ1) is 20.4. The number of hydrogen-bond donors (Lipinski definition) is 2. The van der Waals surface area contributed by atoms with Gasteiger partial charge in [0.25, 0.3) is 5.56 Å². The monoisotopic (exact) mass is 425 g/mol. The van der Waals surface area contributed by atoms with Gasteiger partial charge in [-0.05, 0) is 43.2 Å². The summed E-state index contributed by atoms with van der Waals surface area (Å²) in [6.45, 7) is 5.29. The van der Waals surface area contributed by atoms with Crippen molar-refractivity contribution in [2.75, 3.05) is 31.5 Å². The van der Waals surface area contributed by atoms with E-state index in [4.69, 9.17) is 11.6 Å². The minimum Gasteiger partial charge on any atom is -0.323 e. The number of nitrogens with zero attached hydrogens (tertiary/aromatic N) is 3. The van der Waals surface area contributed by atoms with Crippen molar-refractivity contribution in [3.05, 3.63) is 69.2 Å². The molecule has 0 radical (unpaired) electrons. The Morgan fingerprint density at radius 2 is 2.00 bits per heavy atom. The maximum Gasteiger partial charge on any atom is 0.321 e. The van der Waals surface area contributed by atoms with Crippen LogP contribution in [0.15, 0.2) is 47.3 Å². The molecule has 156 valence electrons. The van der Waals surface area contributed by atoms with Crippen LogP contribution >= 0.6 is 11.6 Å². The normalized spacial score (nSPS) is 15.2. The van der Waals surface area contributed by atoms with Crippen LogP contribution in [-0.4, -0.2) is 52.0 Å². The lowest BCUT2D eigenvalue weighted by Gasteiger charge is -2.22. The molecule has 1 aliphatic heterocycles. The van der Waals surface area contributed by atoms with Gasteiger partial charge in [0.1, 0.15) is 5.82 Å². The number of amides is 2. The zero-order valence-electron chi connectivity index (χ0n) is 16.8. The lowest BCUT2D eigenvalue weighted by molar-refractivity contribution is 0.210. The number of aromatic nitrogens is 2. The third-order valence-electron chi connectivity index (χ3n) is 5.35. The van der Waals surface area contributed by atoms with Crippen molar-refractivity contribution in [2.45, 2.75) is 19.9 Å². The summed E-state index contributed by atoms with van der Waals surface area (Å²) in [6, 6.07) is 12.7. The van der Waals surface area contributed by atoms with E-state index in [0.29, 0.717) is 47.9 Å². The average molecular weight is 426 g/mol. The smallest absolute Gasteiger partial charge is 0.321 e. The van der Waals surface area contributed by atoms with Gasteiger partial charge in [0, 0.05) is 36.9 Å². The number of anilines is 1. The Hall–Kier alpha value is -2.90. The second-order valence-corrected chi connectivity index (χ2v) is 7.97. The summed E-state index contributed by atoms with van der Waals surface area (Å²) in [5.74, 6) is 0.645. The van der Waals surface area contributed by atoms with E-state index in [-0.39, 0.29) is 11.6 Å². The summed E-state index contributed by atoms with van der Waals surface area (Å²) in [7, 11) is 0. The molecule has 0 spiro atoms. The maximum atomic E-state index is 12.7. The molecule has 3 aromatic rings. The number of rotatable bonds is 3. The zero-order valence-corrected chi connectivity index (χ0v) is 17.6. The SMILES string of the molecule is Cc1ccc(Cl)cc1NC(=O)N1CCCN(Cc2nc3ccccc3c(=O)[nH]2)CC1. The Morgan fingerprint density at radius 1 is 1.17 bits per heavy atom. The van der Waals surface area contributed by atoms with E-state index in [9.17, 15) is 9.59 Å². The molecule has 2 aromatic carbocycles. The highest BCUT2D eigenvalue weighted by Gasteiger charge is 2.20. The Balaban J connectivity index is 1.40.